The minimum absolute atomic E-state index is 0.221. The van der Waals surface area contributed by atoms with E-state index in [1.54, 1.807) is 24.3 Å². The van der Waals surface area contributed by atoms with E-state index in [1.165, 1.54) is 6.07 Å². The lowest BCUT2D eigenvalue weighted by Gasteiger charge is -2.14. The highest BCUT2D eigenvalue weighted by molar-refractivity contribution is 6.35. The second kappa shape index (κ2) is 9.02. The van der Waals surface area contributed by atoms with E-state index >= 15 is 0 Å². The zero-order chi connectivity index (χ0) is 17.5. The minimum Gasteiger partial charge on any atom is -0.490 e. The van der Waals surface area contributed by atoms with Gasteiger partial charge in [0.25, 0.3) is 0 Å². The molecule has 0 aliphatic rings. The zero-order valence-electron chi connectivity index (χ0n) is 12.9. The van der Waals surface area contributed by atoms with E-state index in [1.807, 2.05) is 6.92 Å². The van der Waals surface area contributed by atoms with Gasteiger partial charge in [-0.25, -0.2) is 0 Å². The van der Waals surface area contributed by atoms with E-state index in [0.29, 0.717) is 50.8 Å². The third kappa shape index (κ3) is 4.94. The molecule has 24 heavy (non-hydrogen) atoms. The Kier molecular flexibility index (Phi) is 7.03. The van der Waals surface area contributed by atoms with Gasteiger partial charge in [0, 0.05) is 10.6 Å². The van der Waals surface area contributed by atoms with Crippen LogP contribution in [0.3, 0.4) is 0 Å². The van der Waals surface area contributed by atoms with E-state index in [4.69, 9.17) is 49.0 Å². The van der Waals surface area contributed by atoms with Crippen LogP contribution in [-0.2, 0) is 0 Å². The molecule has 7 heteroatoms. The maximum atomic E-state index is 10.9. The highest BCUT2D eigenvalue weighted by Crippen LogP contribution is 2.36. The summed E-state index contributed by atoms with van der Waals surface area (Å²) in [7, 11) is 0. The SMILES string of the molecule is CCOc1cc(C=O)cc(Cl)c1OCCOc1ccc(Cl)cc1Cl. The van der Waals surface area contributed by atoms with Gasteiger partial charge >= 0.3 is 0 Å². The summed E-state index contributed by atoms with van der Waals surface area (Å²) in [6, 6.07) is 8.06. The van der Waals surface area contributed by atoms with Gasteiger partial charge in [-0.15, -0.1) is 0 Å². The van der Waals surface area contributed by atoms with Crippen LogP contribution in [0.4, 0.5) is 0 Å². The molecule has 0 aliphatic heterocycles. The van der Waals surface area contributed by atoms with Gasteiger partial charge in [0.2, 0.25) is 0 Å². The molecule has 0 saturated heterocycles. The molecule has 2 aromatic carbocycles. The standard InChI is InChI=1S/C17H15Cl3O4/c1-2-22-16-8-11(10-21)7-14(20)17(16)24-6-5-23-15-4-3-12(18)9-13(15)19/h3-4,7-10H,2,5-6H2,1H3. The van der Waals surface area contributed by atoms with Gasteiger partial charge in [-0.3, -0.25) is 4.79 Å². The van der Waals surface area contributed by atoms with Gasteiger partial charge in [-0.1, -0.05) is 34.8 Å². The van der Waals surface area contributed by atoms with Crippen molar-refractivity contribution in [2.75, 3.05) is 19.8 Å². The summed E-state index contributed by atoms with van der Waals surface area (Å²) < 4.78 is 16.6. The van der Waals surface area contributed by atoms with E-state index in [0.717, 1.165) is 0 Å². The number of hydrogen-bond acceptors (Lipinski definition) is 4. The van der Waals surface area contributed by atoms with Crippen LogP contribution in [0.2, 0.25) is 15.1 Å². The lowest BCUT2D eigenvalue weighted by atomic mass is 10.2. The highest BCUT2D eigenvalue weighted by Gasteiger charge is 2.13. The second-order valence-corrected chi connectivity index (χ2v) is 5.90. The smallest absolute Gasteiger partial charge is 0.179 e. The summed E-state index contributed by atoms with van der Waals surface area (Å²) in [4.78, 5) is 10.9. The monoisotopic (exact) mass is 388 g/mol. The first-order valence-corrected chi connectivity index (χ1v) is 8.30. The van der Waals surface area contributed by atoms with Crippen LogP contribution in [0.1, 0.15) is 17.3 Å². The number of rotatable bonds is 8. The molecule has 2 rings (SSSR count). The Morgan fingerprint density at radius 2 is 1.67 bits per heavy atom. The number of carbonyl (C=O) groups is 1. The van der Waals surface area contributed by atoms with Crippen molar-refractivity contribution < 1.29 is 19.0 Å². The van der Waals surface area contributed by atoms with Crippen LogP contribution in [0.15, 0.2) is 30.3 Å². The maximum absolute atomic E-state index is 10.9. The Morgan fingerprint density at radius 3 is 2.33 bits per heavy atom. The number of aldehydes is 1. The molecule has 0 N–H and O–H groups in total. The normalized spacial score (nSPS) is 10.3. The lowest BCUT2D eigenvalue weighted by molar-refractivity contribution is 0.112. The van der Waals surface area contributed by atoms with E-state index in [-0.39, 0.29) is 13.2 Å². The Balaban J connectivity index is 1.99. The van der Waals surface area contributed by atoms with E-state index in [2.05, 4.69) is 0 Å². The van der Waals surface area contributed by atoms with Crippen LogP contribution in [0.25, 0.3) is 0 Å². The van der Waals surface area contributed by atoms with Crippen LogP contribution in [0, 0.1) is 0 Å². The molecule has 0 atom stereocenters. The fraction of sp³-hybridized carbons (Fsp3) is 0.235. The Hall–Kier alpha value is -1.62. The van der Waals surface area contributed by atoms with Crippen molar-refractivity contribution in [1.82, 2.24) is 0 Å². The summed E-state index contributed by atoms with van der Waals surface area (Å²) in [5.41, 5.74) is 0.417. The molecule has 0 saturated carbocycles. The number of ether oxygens (including phenoxy) is 3. The van der Waals surface area contributed by atoms with Crippen molar-refractivity contribution >= 4 is 41.1 Å². The number of hydrogen-bond donors (Lipinski definition) is 0. The first kappa shape index (κ1) is 18.7. The molecule has 0 unspecified atom stereocenters. The zero-order valence-corrected chi connectivity index (χ0v) is 15.1. The van der Waals surface area contributed by atoms with Gasteiger partial charge in [-0.05, 0) is 37.3 Å². The lowest BCUT2D eigenvalue weighted by Crippen LogP contribution is -2.10. The Morgan fingerprint density at radius 1 is 0.917 bits per heavy atom. The minimum atomic E-state index is 0.221. The molecular weight excluding hydrogens is 375 g/mol. The first-order chi connectivity index (χ1) is 11.5. The predicted octanol–water partition coefficient (Wildman–Crippen LogP) is 5.32. The average molecular weight is 390 g/mol. The van der Waals surface area contributed by atoms with E-state index in [9.17, 15) is 4.79 Å². The van der Waals surface area contributed by atoms with Crippen molar-refractivity contribution in [1.29, 1.82) is 0 Å². The molecule has 0 aromatic heterocycles. The quantitative estimate of drug-likeness (QED) is 0.453. The fourth-order valence-corrected chi connectivity index (χ4v) is 2.68. The van der Waals surface area contributed by atoms with Crippen molar-refractivity contribution in [3.8, 4) is 17.2 Å². The highest BCUT2D eigenvalue weighted by atomic mass is 35.5. The topological polar surface area (TPSA) is 44.8 Å². The Labute approximate surface area is 155 Å². The van der Waals surface area contributed by atoms with Crippen molar-refractivity contribution in [2.45, 2.75) is 6.92 Å². The fourth-order valence-electron chi connectivity index (χ4n) is 1.95. The van der Waals surface area contributed by atoms with Gasteiger partial charge in [0.1, 0.15) is 25.2 Å². The van der Waals surface area contributed by atoms with Crippen molar-refractivity contribution in [3.63, 3.8) is 0 Å². The van der Waals surface area contributed by atoms with Gasteiger partial charge in [0.15, 0.2) is 11.5 Å². The molecule has 0 aliphatic carbocycles. The molecule has 0 amide bonds. The summed E-state index contributed by atoms with van der Waals surface area (Å²) in [6.45, 7) is 2.72. The number of benzene rings is 2. The molecule has 128 valence electrons. The summed E-state index contributed by atoms with van der Waals surface area (Å²) in [5.74, 6) is 1.30. The van der Waals surface area contributed by atoms with Crippen molar-refractivity contribution in [3.05, 3.63) is 51.0 Å². The molecule has 0 radical (unpaired) electrons. The summed E-state index contributed by atoms with van der Waals surface area (Å²) in [5, 5.41) is 1.26. The molecule has 0 bridgehead atoms. The van der Waals surface area contributed by atoms with Crippen LogP contribution in [-0.4, -0.2) is 26.1 Å². The van der Waals surface area contributed by atoms with E-state index < -0.39 is 0 Å². The largest absolute Gasteiger partial charge is 0.490 e. The van der Waals surface area contributed by atoms with Crippen LogP contribution >= 0.6 is 34.8 Å². The molecule has 2 aromatic rings. The molecule has 0 fully saturated rings. The maximum Gasteiger partial charge on any atom is 0.179 e. The molecule has 0 heterocycles. The van der Waals surface area contributed by atoms with Gasteiger partial charge in [-0.2, -0.15) is 0 Å². The van der Waals surface area contributed by atoms with Gasteiger partial charge < -0.3 is 14.2 Å². The average Bonchev–Trinajstić information content (AvgIpc) is 2.55. The predicted molar refractivity (Wildman–Crippen MR) is 95.5 cm³/mol. The third-order valence-electron chi connectivity index (χ3n) is 2.95. The van der Waals surface area contributed by atoms with Gasteiger partial charge in [0.05, 0.1) is 16.7 Å². The third-order valence-corrected chi connectivity index (χ3v) is 3.76. The summed E-state index contributed by atoms with van der Waals surface area (Å²) >= 11 is 18.0. The first-order valence-electron chi connectivity index (χ1n) is 7.17. The second-order valence-electron chi connectivity index (χ2n) is 4.65. The Bertz CT molecular complexity index is 719. The molecular formula is C17H15Cl3O4. The van der Waals surface area contributed by atoms with Crippen molar-refractivity contribution in [2.24, 2.45) is 0 Å². The molecule has 0 spiro atoms. The summed E-state index contributed by atoms with van der Waals surface area (Å²) in [6.07, 6.45) is 0.698. The van der Waals surface area contributed by atoms with Crippen LogP contribution < -0.4 is 14.2 Å². The van der Waals surface area contributed by atoms with Crippen LogP contribution in [0.5, 0.6) is 17.2 Å². The number of carbonyl (C=O) groups excluding carboxylic acids is 1. The molecule has 4 nitrogen and oxygen atoms in total. The number of halogens is 3.